The van der Waals surface area contributed by atoms with Crippen molar-refractivity contribution in [3.63, 3.8) is 0 Å². The zero-order valence-corrected chi connectivity index (χ0v) is 10.2. The molecule has 1 aliphatic rings. The largest absolute Gasteiger partial charge is 0.352 e. The molecule has 0 spiro atoms. The number of hydrogen-bond donors (Lipinski definition) is 1. The van der Waals surface area contributed by atoms with Crippen molar-refractivity contribution in [2.75, 3.05) is 0 Å². The van der Waals surface area contributed by atoms with Crippen molar-refractivity contribution in [3.8, 4) is 0 Å². The molecule has 0 unspecified atom stereocenters. The van der Waals surface area contributed by atoms with Gasteiger partial charge in [-0.1, -0.05) is 25.3 Å². The van der Waals surface area contributed by atoms with Crippen molar-refractivity contribution in [3.05, 3.63) is 30.1 Å². The molecular weight excluding hydrogens is 212 g/mol. The molecule has 3 nitrogen and oxygen atoms in total. The molecule has 0 aliphatic heterocycles. The van der Waals surface area contributed by atoms with Gasteiger partial charge in [0, 0.05) is 25.4 Å². The Morgan fingerprint density at radius 1 is 1.35 bits per heavy atom. The highest BCUT2D eigenvalue weighted by Crippen LogP contribution is 2.25. The lowest BCUT2D eigenvalue weighted by Gasteiger charge is -2.20. The van der Waals surface area contributed by atoms with Gasteiger partial charge in [-0.3, -0.25) is 9.78 Å². The molecule has 0 saturated heterocycles. The summed E-state index contributed by atoms with van der Waals surface area (Å²) in [7, 11) is 0. The van der Waals surface area contributed by atoms with Gasteiger partial charge in [-0.15, -0.1) is 0 Å². The van der Waals surface area contributed by atoms with Crippen LogP contribution in [0, 0.1) is 5.92 Å². The molecule has 1 heterocycles. The van der Waals surface area contributed by atoms with Gasteiger partial charge in [0.1, 0.15) is 0 Å². The Morgan fingerprint density at radius 3 is 2.88 bits per heavy atom. The third-order valence-corrected chi connectivity index (χ3v) is 3.41. The van der Waals surface area contributed by atoms with E-state index in [-0.39, 0.29) is 5.91 Å². The van der Waals surface area contributed by atoms with Crippen molar-refractivity contribution in [2.45, 2.75) is 45.1 Å². The fraction of sp³-hybridized carbons (Fsp3) is 0.571. The van der Waals surface area contributed by atoms with Crippen LogP contribution in [0.3, 0.4) is 0 Å². The summed E-state index contributed by atoms with van der Waals surface area (Å²) in [6, 6.07) is 3.87. The van der Waals surface area contributed by atoms with Gasteiger partial charge in [0.2, 0.25) is 5.91 Å². The molecule has 2 rings (SSSR count). The second-order valence-corrected chi connectivity index (χ2v) is 4.85. The van der Waals surface area contributed by atoms with Crippen LogP contribution in [0.2, 0.25) is 0 Å². The van der Waals surface area contributed by atoms with Crippen LogP contribution in [0.25, 0.3) is 0 Å². The molecule has 1 amide bonds. The number of carbonyl (C=O) groups is 1. The first-order valence-electron chi connectivity index (χ1n) is 6.50. The number of hydrogen-bond acceptors (Lipinski definition) is 2. The molecule has 1 fully saturated rings. The third kappa shape index (κ3) is 4.17. The fourth-order valence-electron chi connectivity index (χ4n) is 2.43. The molecule has 1 N–H and O–H groups in total. The van der Waals surface area contributed by atoms with E-state index in [0.717, 1.165) is 5.56 Å². The first-order valence-corrected chi connectivity index (χ1v) is 6.50. The molecule has 17 heavy (non-hydrogen) atoms. The second-order valence-electron chi connectivity index (χ2n) is 4.85. The molecule has 1 aromatic heterocycles. The van der Waals surface area contributed by atoms with E-state index in [1.807, 2.05) is 12.1 Å². The van der Waals surface area contributed by atoms with Crippen LogP contribution in [0.15, 0.2) is 24.5 Å². The van der Waals surface area contributed by atoms with E-state index in [1.165, 1.54) is 32.1 Å². The number of aromatic nitrogens is 1. The smallest absolute Gasteiger partial charge is 0.220 e. The maximum absolute atomic E-state index is 11.8. The van der Waals surface area contributed by atoms with Crippen molar-refractivity contribution in [1.82, 2.24) is 10.3 Å². The van der Waals surface area contributed by atoms with E-state index < -0.39 is 0 Å². The van der Waals surface area contributed by atoms with Gasteiger partial charge in [0.05, 0.1) is 0 Å². The number of nitrogens with one attached hydrogen (secondary N) is 1. The Labute approximate surface area is 103 Å². The normalized spacial score (nSPS) is 16.7. The van der Waals surface area contributed by atoms with Gasteiger partial charge in [-0.05, 0) is 30.4 Å². The summed E-state index contributed by atoms with van der Waals surface area (Å²) in [5.74, 6) is 0.790. The second kappa shape index (κ2) is 6.38. The monoisotopic (exact) mass is 232 g/mol. The summed E-state index contributed by atoms with van der Waals surface area (Å²) in [5.41, 5.74) is 1.06. The molecule has 1 aliphatic carbocycles. The number of carbonyl (C=O) groups excluding carboxylic acids is 1. The first-order chi connectivity index (χ1) is 8.34. The molecule has 0 atom stereocenters. The van der Waals surface area contributed by atoms with Crippen molar-refractivity contribution in [2.24, 2.45) is 5.92 Å². The van der Waals surface area contributed by atoms with Crippen molar-refractivity contribution in [1.29, 1.82) is 0 Å². The molecule has 0 radical (unpaired) electrons. The zero-order chi connectivity index (χ0) is 11.9. The topological polar surface area (TPSA) is 42.0 Å². The van der Waals surface area contributed by atoms with Crippen LogP contribution in [0.1, 0.15) is 44.1 Å². The van der Waals surface area contributed by atoms with Gasteiger partial charge < -0.3 is 5.32 Å². The van der Waals surface area contributed by atoms with Crippen LogP contribution >= 0.6 is 0 Å². The van der Waals surface area contributed by atoms with Crippen LogP contribution in [0.4, 0.5) is 0 Å². The molecule has 0 bridgehead atoms. The van der Waals surface area contributed by atoms with Gasteiger partial charge in [0.15, 0.2) is 0 Å². The Kier molecular flexibility index (Phi) is 4.54. The first kappa shape index (κ1) is 12.1. The van der Waals surface area contributed by atoms with E-state index in [4.69, 9.17) is 0 Å². The minimum atomic E-state index is 0.181. The average molecular weight is 232 g/mol. The molecule has 1 aromatic rings. The molecule has 1 saturated carbocycles. The Balaban J connectivity index is 1.70. The number of amides is 1. The predicted molar refractivity (Wildman–Crippen MR) is 67.3 cm³/mol. The van der Waals surface area contributed by atoms with E-state index in [1.54, 1.807) is 12.4 Å². The van der Waals surface area contributed by atoms with Crippen LogP contribution in [-0.4, -0.2) is 10.9 Å². The van der Waals surface area contributed by atoms with Crippen molar-refractivity contribution < 1.29 is 4.79 Å². The van der Waals surface area contributed by atoms with Crippen LogP contribution in [-0.2, 0) is 11.3 Å². The standard InChI is InChI=1S/C14H20N2O/c17-14(9-12-5-2-1-3-6-12)16-11-13-7-4-8-15-10-13/h4,7-8,10,12H,1-3,5-6,9,11H2,(H,16,17). The van der Waals surface area contributed by atoms with Gasteiger partial charge in [-0.2, -0.15) is 0 Å². The lowest BCUT2D eigenvalue weighted by Crippen LogP contribution is -2.25. The van der Waals surface area contributed by atoms with Crippen LogP contribution < -0.4 is 5.32 Å². The zero-order valence-electron chi connectivity index (χ0n) is 10.2. The fourth-order valence-corrected chi connectivity index (χ4v) is 2.43. The third-order valence-electron chi connectivity index (χ3n) is 3.41. The Bertz CT molecular complexity index is 344. The molecular formula is C14H20N2O. The number of nitrogens with zero attached hydrogens (tertiary/aromatic N) is 1. The van der Waals surface area contributed by atoms with E-state index in [9.17, 15) is 4.79 Å². The summed E-state index contributed by atoms with van der Waals surface area (Å²) >= 11 is 0. The SMILES string of the molecule is O=C(CC1CCCCC1)NCc1cccnc1. The molecule has 92 valence electrons. The average Bonchev–Trinajstić information content (AvgIpc) is 2.39. The van der Waals surface area contributed by atoms with Gasteiger partial charge in [0.25, 0.3) is 0 Å². The predicted octanol–water partition coefficient (Wildman–Crippen LogP) is 2.67. The molecule has 0 aromatic carbocycles. The number of rotatable bonds is 4. The maximum atomic E-state index is 11.8. The lowest BCUT2D eigenvalue weighted by atomic mass is 9.87. The van der Waals surface area contributed by atoms with E-state index >= 15 is 0 Å². The van der Waals surface area contributed by atoms with Gasteiger partial charge >= 0.3 is 0 Å². The summed E-state index contributed by atoms with van der Waals surface area (Å²) in [6.45, 7) is 0.597. The van der Waals surface area contributed by atoms with Crippen LogP contribution in [0.5, 0.6) is 0 Å². The Morgan fingerprint density at radius 2 is 2.18 bits per heavy atom. The summed E-state index contributed by atoms with van der Waals surface area (Å²) in [5, 5.41) is 2.97. The van der Waals surface area contributed by atoms with Gasteiger partial charge in [-0.25, -0.2) is 0 Å². The highest BCUT2D eigenvalue weighted by Gasteiger charge is 2.16. The van der Waals surface area contributed by atoms with Crippen molar-refractivity contribution >= 4 is 5.91 Å². The van der Waals surface area contributed by atoms with E-state index in [2.05, 4.69) is 10.3 Å². The number of pyridine rings is 1. The summed E-state index contributed by atoms with van der Waals surface area (Å²) in [6.07, 6.45) is 10.6. The highest BCUT2D eigenvalue weighted by molar-refractivity contribution is 5.76. The highest BCUT2D eigenvalue weighted by atomic mass is 16.1. The summed E-state index contributed by atoms with van der Waals surface area (Å²) in [4.78, 5) is 15.8. The lowest BCUT2D eigenvalue weighted by molar-refractivity contribution is -0.122. The quantitative estimate of drug-likeness (QED) is 0.867. The summed E-state index contributed by atoms with van der Waals surface area (Å²) < 4.78 is 0. The minimum Gasteiger partial charge on any atom is -0.352 e. The maximum Gasteiger partial charge on any atom is 0.220 e. The minimum absolute atomic E-state index is 0.181. The Hall–Kier alpha value is -1.38. The molecule has 3 heteroatoms. The van der Waals surface area contributed by atoms with E-state index in [0.29, 0.717) is 18.9 Å².